The minimum Gasteiger partial charge on any atom is -0.484 e. The number of amides is 3. The topological polar surface area (TPSA) is 70.7 Å². The van der Waals surface area contributed by atoms with Gasteiger partial charge in [-0.25, -0.2) is 4.79 Å². The Morgan fingerprint density at radius 1 is 1.25 bits per heavy atom. The van der Waals surface area contributed by atoms with Crippen LogP contribution in [0.2, 0.25) is 0 Å². The maximum atomic E-state index is 12.0. The molecule has 0 unspecified atom stereocenters. The van der Waals surface area contributed by atoms with Crippen molar-refractivity contribution in [3.05, 3.63) is 29.8 Å². The highest BCUT2D eigenvalue weighted by atomic mass is 16.5. The van der Waals surface area contributed by atoms with Crippen LogP contribution in [0.5, 0.6) is 5.75 Å². The Kier molecular flexibility index (Phi) is 8.09. The smallest absolute Gasteiger partial charge is 0.315 e. The summed E-state index contributed by atoms with van der Waals surface area (Å²) in [6.45, 7) is 6.63. The third kappa shape index (κ3) is 6.89. The van der Waals surface area contributed by atoms with Gasteiger partial charge in [-0.3, -0.25) is 4.79 Å². The highest BCUT2D eigenvalue weighted by Gasteiger charge is 2.13. The molecule has 0 spiro atoms. The van der Waals surface area contributed by atoms with Crippen molar-refractivity contribution in [3.63, 3.8) is 0 Å². The zero-order chi connectivity index (χ0) is 18.1. The number of likely N-dealkylation sites (N-methyl/N-ethyl adjacent to an activating group) is 1. The van der Waals surface area contributed by atoms with Crippen LogP contribution in [-0.2, 0) is 11.3 Å². The SMILES string of the molecule is CC[C@@H](NC(=O)NCc1cccc(OCC(=O)N(C)C)c1)C(C)C. The third-order valence-corrected chi connectivity index (χ3v) is 3.77. The number of nitrogens with one attached hydrogen (secondary N) is 2. The lowest BCUT2D eigenvalue weighted by Gasteiger charge is -2.21. The molecule has 2 N–H and O–H groups in total. The fourth-order valence-corrected chi connectivity index (χ4v) is 2.16. The zero-order valence-electron chi connectivity index (χ0n) is 15.3. The van der Waals surface area contributed by atoms with E-state index < -0.39 is 0 Å². The summed E-state index contributed by atoms with van der Waals surface area (Å²) >= 11 is 0. The molecule has 1 rings (SSSR count). The van der Waals surface area contributed by atoms with Crippen molar-refractivity contribution >= 4 is 11.9 Å². The first-order valence-corrected chi connectivity index (χ1v) is 8.29. The van der Waals surface area contributed by atoms with E-state index in [2.05, 4.69) is 31.4 Å². The molecule has 0 bridgehead atoms. The average molecular weight is 335 g/mol. The van der Waals surface area contributed by atoms with Gasteiger partial charge >= 0.3 is 6.03 Å². The standard InChI is InChI=1S/C18H29N3O3/c1-6-16(13(2)3)20-18(23)19-11-14-8-7-9-15(10-14)24-12-17(22)21(4)5/h7-10,13,16H,6,11-12H2,1-5H3,(H2,19,20,23)/t16-/m1/s1. The van der Waals surface area contributed by atoms with Crippen LogP contribution in [-0.4, -0.2) is 43.6 Å². The second-order valence-corrected chi connectivity index (χ2v) is 6.31. The molecule has 3 amide bonds. The Labute approximate surface area is 144 Å². The molecule has 1 aromatic rings. The molecule has 1 atom stereocenters. The normalized spacial score (nSPS) is 11.8. The molecule has 0 saturated heterocycles. The van der Waals surface area contributed by atoms with Crippen LogP contribution in [0.15, 0.2) is 24.3 Å². The predicted molar refractivity (Wildman–Crippen MR) is 94.9 cm³/mol. The van der Waals surface area contributed by atoms with Gasteiger partial charge in [0.15, 0.2) is 6.61 Å². The Morgan fingerprint density at radius 3 is 2.54 bits per heavy atom. The van der Waals surface area contributed by atoms with Crippen LogP contribution in [0, 0.1) is 5.92 Å². The Bertz CT molecular complexity index is 544. The summed E-state index contributed by atoms with van der Waals surface area (Å²) < 4.78 is 5.47. The summed E-state index contributed by atoms with van der Waals surface area (Å²) in [5, 5.41) is 5.82. The fraction of sp³-hybridized carbons (Fsp3) is 0.556. The summed E-state index contributed by atoms with van der Waals surface area (Å²) in [6.07, 6.45) is 0.897. The van der Waals surface area contributed by atoms with Crippen LogP contribution in [0.1, 0.15) is 32.8 Å². The monoisotopic (exact) mass is 335 g/mol. The van der Waals surface area contributed by atoms with Gasteiger partial charge in [-0.15, -0.1) is 0 Å². The van der Waals surface area contributed by atoms with E-state index in [-0.39, 0.29) is 24.6 Å². The molecule has 134 valence electrons. The minimum absolute atomic E-state index is 0.00304. The van der Waals surface area contributed by atoms with Gasteiger partial charge in [-0.1, -0.05) is 32.9 Å². The number of ether oxygens (including phenoxy) is 1. The second kappa shape index (κ2) is 9.80. The summed E-state index contributed by atoms with van der Waals surface area (Å²) in [7, 11) is 3.37. The summed E-state index contributed by atoms with van der Waals surface area (Å²) in [6, 6.07) is 7.34. The van der Waals surface area contributed by atoms with Crippen LogP contribution < -0.4 is 15.4 Å². The molecule has 1 aromatic carbocycles. The maximum Gasteiger partial charge on any atom is 0.315 e. The van der Waals surface area contributed by atoms with Gasteiger partial charge in [-0.05, 0) is 30.0 Å². The molecule has 0 aromatic heterocycles. The fourth-order valence-electron chi connectivity index (χ4n) is 2.16. The Hall–Kier alpha value is -2.24. The van der Waals surface area contributed by atoms with Crippen molar-refractivity contribution in [3.8, 4) is 5.75 Å². The molecule has 6 nitrogen and oxygen atoms in total. The molecule has 0 radical (unpaired) electrons. The number of hydrogen-bond donors (Lipinski definition) is 2. The lowest BCUT2D eigenvalue weighted by molar-refractivity contribution is -0.130. The van der Waals surface area contributed by atoms with E-state index in [0.717, 1.165) is 12.0 Å². The van der Waals surface area contributed by atoms with E-state index in [9.17, 15) is 9.59 Å². The van der Waals surface area contributed by atoms with Gasteiger partial charge in [-0.2, -0.15) is 0 Å². The number of rotatable bonds is 8. The van der Waals surface area contributed by atoms with Crippen LogP contribution in [0.3, 0.4) is 0 Å². The molecule has 24 heavy (non-hydrogen) atoms. The molecule has 6 heteroatoms. The van der Waals surface area contributed by atoms with Crippen molar-refractivity contribution in [1.82, 2.24) is 15.5 Å². The second-order valence-electron chi connectivity index (χ2n) is 6.31. The van der Waals surface area contributed by atoms with Crippen LogP contribution >= 0.6 is 0 Å². The molecular formula is C18H29N3O3. The van der Waals surface area contributed by atoms with Gasteiger partial charge in [0.25, 0.3) is 5.91 Å². The quantitative estimate of drug-likeness (QED) is 0.766. The van der Waals surface area contributed by atoms with E-state index in [4.69, 9.17) is 4.74 Å². The van der Waals surface area contributed by atoms with Crippen molar-refractivity contribution in [1.29, 1.82) is 0 Å². The van der Waals surface area contributed by atoms with E-state index in [0.29, 0.717) is 18.2 Å². The summed E-state index contributed by atoms with van der Waals surface area (Å²) in [4.78, 5) is 25.0. The van der Waals surface area contributed by atoms with Crippen molar-refractivity contribution in [2.75, 3.05) is 20.7 Å². The lowest BCUT2D eigenvalue weighted by Crippen LogP contribution is -2.43. The van der Waals surface area contributed by atoms with Crippen LogP contribution in [0.25, 0.3) is 0 Å². The zero-order valence-corrected chi connectivity index (χ0v) is 15.3. The number of benzene rings is 1. The molecule has 0 saturated carbocycles. The number of hydrogen-bond acceptors (Lipinski definition) is 3. The highest BCUT2D eigenvalue weighted by molar-refractivity contribution is 5.77. The van der Waals surface area contributed by atoms with Crippen molar-refractivity contribution < 1.29 is 14.3 Å². The maximum absolute atomic E-state index is 12.0. The number of nitrogens with zero attached hydrogens (tertiary/aromatic N) is 1. The first-order valence-electron chi connectivity index (χ1n) is 8.29. The van der Waals surface area contributed by atoms with Gasteiger partial charge in [0.2, 0.25) is 0 Å². The molecular weight excluding hydrogens is 306 g/mol. The number of carbonyl (C=O) groups is 2. The van der Waals surface area contributed by atoms with Crippen LogP contribution in [0.4, 0.5) is 4.79 Å². The predicted octanol–water partition coefficient (Wildman–Crippen LogP) is 2.39. The highest BCUT2D eigenvalue weighted by Crippen LogP contribution is 2.13. The number of urea groups is 1. The summed E-state index contributed by atoms with van der Waals surface area (Å²) in [5.41, 5.74) is 0.914. The molecule has 0 aliphatic heterocycles. The first kappa shape index (κ1) is 19.8. The Balaban J connectivity index is 2.49. The van der Waals surface area contributed by atoms with E-state index in [1.807, 2.05) is 18.2 Å². The minimum atomic E-state index is -0.176. The van der Waals surface area contributed by atoms with Gasteiger partial charge in [0.1, 0.15) is 5.75 Å². The van der Waals surface area contributed by atoms with Gasteiger partial charge < -0.3 is 20.3 Å². The van der Waals surface area contributed by atoms with Crippen molar-refractivity contribution in [2.24, 2.45) is 5.92 Å². The largest absolute Gasteiger partial charge is 0.484 e. The van der Waals surface area contributed by atoms with E-state index >= 15 is 0 Å². The van der Waals surface area contributed by atoms with Gasteiger partial charge in [0.05, 0.1) is 0 Å². The molecule has 0 fully saturated rings. The third-order valence-electron chi connectivity index (χ3n) is 3.77. The molecule has 0 heterocycles. The molecule has 0 aliphatic rings. The Morgan fingerprint density at radius 2 is 1.96 bits per heavy atom. The van der Waals surface area contributed by atoms with E-state index in [1.54, 1.807) is 20.2 Å². The summed E-state index contributed by atoms with van der Waals surface area (Å²) in [5.74, 6) is 0.905. The first-order chi connectivity index (χ1) is 11.3. The van der Waals surface area contributed by atoms with E-state index in [1.165, 1.54) is 4.90 Å². The lowest BCUT2D eigenvalue weighted by atomic mass is 10.0. The molecule has 0 aliphatic carbocycles. The van der Waals surface area contributed by atoms with Crippen molar-refractivity contribution in [2.45, 2.75) is 39.8 Å². The number of carbonyl (C=O) groups excluding carboxylic acids is 2. The average Bonchev–Trinajstić information content (AvgIpc) is 2.55. The van der Waals surface area contributed by atoms with Gasteiger partial charge in [0, 0.05) is 26.7 Å².